The minimum atomic E-state index is -0.713. The topological polar surface area (TPSA) is 46.5 Å². The van der Waals surface area contributed by atoms with E-state index in [1.807, 2.05) is 25.1 Å². The van der Waals surface area contributed by atoms with Gasteiger partial charge >= 0.3 is 5.97 Å². The number of aliphatic carboxylic acids is 1. The van der Waals surface area contributed by atoms with Crippen LogP contribution >= 0.6 is 0 Å². The highest BCUT2D eigenvalue weighted by atomic mass is 16.5. The molecule has 0 aliphatic heterocycles. The Morgan fingerprint density at radius 2 is 2.12 bits per heavy atom. The third kappa shape index (κ3) is 1.47. The van der Waals surface area contributed by atoms with Gasteiger partial charge in [-0.1, -0.05) is 12.5 Å². The first-order valence-electron chi connectivity index (χ1n) is 5.49. The van der Waals surface area contributed by atoms with E-state index in [0.29, 0.717) is 0 Å². The number of methoxy groups -OCH3 is 1. The number of carboxylic acids is 1. The Morgan fingerprint density at radius 3 is 2.56 bits per heavy atom. The van der Waals surface area contributed by atoms with E-state index in [1.54, 1.807) is 7.11 Å². The summed E-state index contributed by atoms with van der Waals surface area (Å²) in [5.74, 6) is 0.0169. The minimum absolute atomic E-state index is 0.668. The highest BCUT2D eigenvalue weighted by Crippen LogP contribution is 2.46. The number of ether oxygens (including phenoxy) is 1. The molecule has 86 valence electrons. The SMILES string of the molecule is COc1ccc(C)c(C2(C(=O)O)CCC2)c1. The van der Waals surface area contributed by atoms with Crippen molar-refractivity contribution in [3.63, 3.8) is 0 Å². The van der Waals surface area contributed by atoms with Gasteiger partial charge in [0.15, 0.2) is 0 Å². The Morgan fingerprint density at radius 1 is 1.44 bits per heavy atom. The van der Waals surface area contributed by atoms with Crippen LogP contribution < -0.4 is 4.74 Å². The molecule has 3 heteroatoms. The number of hydrogen-bond acceptors (Lipinski definition) is 2. The average molecular weight is 220 g/mol. The van der Waals surface area contributed by atoms with Gasteiger partial charge in [-0.2, -0.15) is 0 Å². The van der Waals surface area contributed by atoms with Crippen LogP contribution in [0.1, 0.15) is 30.4 Å². The Bertz CT molecular complexity index is 419. The van der Waals surface area contributed by atoms with Crippen molar-refractivity contribution < 1.29 is 14.6 Å². The molecule has 0 aromatic heterocycles. The van der Waals surface area contributed by atoms with Gasteiger partial charge in [-0.15, -0.1) is 0 Å². The van der Waals surface area contributed by atoms with E-state index >= 15 is 0 Å². The van der Waals surface area contributed by atoms with Gasteiger partial charge in [0.1, 0.15) is 5.75 Å². The molecule has 16 heavy (non-hydrogen) atoms. The lowest BCUT2D eigenvalue weighted by Gasteiger charge is -2.39. The summed E-state index contributed by atoms with van der Waals surface area (Å²) in [6.07, 6.45) is 2.45. The van der Waals surface area contributed by atoms with Crippen LogP contribution in [0.25, 0.3) is 0 Å². The Kier molecular flexibility index (Phi) is 2.62. The number of carbonyl (C=O) groups is 1. The van der Waals surface area contributed by atoms with Crippen molar-refractivity contribution in [2.24, 2.45) is 0 Å². The van der Waals surface area contributed by atoms with Gasteiger partial charge < -0.3 is 9.84 Å². The van der Waals surface area contributed by atoms with E-state index in [1.165, 1.54) is 0 Å². The Balaban J connectivity index is 2.49. The lowest BCUT2D eigenvalue weighted by Crippen LogP contribution is -2.42. The summed E-state index contributed by atoms with van der Waals surface area (Å²) in [5, 5.41) is 9.38. The highest BCUT2D eigenvalue weighted by molar-refractivity contribution is 5.83. The summed E-state index contributed by atoms with van der Waals surface area (Å²) >= 11 is 0. The molecule has 0 unspecified atom stereocenters. The number of carboxylic acid groups (broad SMARTS) is 1. The monoisotopic (exact) mass is 220 g/mol. The maximum Gasteiger partial charge on any atom is 0.314 e. The molecule has 0 amide bonds. The highest BCUT2D eigenvalue weighted by Gasteiger charge is 2.46. The molecule has 0 heterocycles. The molecule has 1 saturated carbocycles. The van der Waals surface area contributed by atoms with Gasteiger partial charge in [-0.25, -0.2) is 0 Å². The summed E-state index contributed by atoms with van der Waals surface area (Å²) in [4.78, 5) is 11.4. The third-order valence-electron chi connectivity index (χ3n) is 3.58. The standard InChI is InChI=1S/C13H16O3/c1-9-4-5-10(16-2)8-11(9)13(12(14)15)6-3-7-13/h4-5,8H,3,6-7H2,1-2H3,(H,14,15). The second-order valence-corrected chi connectivity index (χ2v) is 4.42. The fraction of sp³-hybridized carbons (Fsp3) is 0.462. The molecule has 3 nitrogen and oxygen atoms in total. The smallest absolute Gasteiger partial charge is 0.314 e. The van der Waals surface area contributed by atoms with Crippen LogP contribution in [0.4, 0.5) is 0 Å². The molecule has 0 saturated heterocycles. The van der Waals surface area contributed by atoms with Gasteiger partial charge in [0.2, 0.25) is 0 Å². The molecule has 1 N–H and O–H groups in total. The van der Waals surface area contributed by atoms with E-state index in [4.69, 9.17) is 4.74 Å². The van der Waals surface area contributed by atoms with Gasteiger partial charge in [0.05, 0.1) is 12.5 Å². The molecular weight excluding hydrogens is 204 g/mol. The molecule has 0 radical (unpaired) electrons. The maximum absolute atomic E-state index is 11.4. The molecule has 0 spiro atoms. The minimum Gasteiger partial charge on any atom is -0.497 e. The van der Waals surface area contributed by atoms with Crippen molar-refractivity contribution in [1.29, 1.82) is 0 Å². The number of benzene rings is 1. The van der Waals surface area contributed by atoms with Crippen LogP contribution in [-0.2, 0) is 10.2 Å². The van der Waals surface area contributed by atoms with Crippen molar-refractivity contribution in [1.82, 2.24) is 0 Å². The zero-order chi connectivity index (χ0) is 11.8. The van der Waals surface area contributed by atoms with Crippen molar-refractivity contribution >= 4 is 5.97 Å². The molecule has 1 aliphatic rings. The maximum atomic E-state index is 11.4. The van der Waals surface area contributed by atoms with Gasteiger partial charge in [-0.05, 0) is 43.0 Å². The largest absolute Gasteiger partial charge is 0.497 e. The number of hydrogen-bond donors (Lipinski definition) is 1. The molecule has 0 bridgehead atoms. The van der Waals surface area contributed by atoms with E-state index in [0.717, 1.165) is 36.1 Å². The average Bonchev–Trinajstić information content (AvgIpc) is 2.18. The van der Waals surface area contributed by atoms with Crippen LogP contribution in [0.5, 0.6) is 5.75 Å². The lowest BCUT2D eigenvalue weighted by molar-refractivity contribution is -0.147. The quantitative estimate of drug-likeness (QED) is 0.851. The van der Waals surface area contributed by atoms with E-state index in [-0.39, 0.29) is 0 Å². The van der Waals surface area contributed by atoms with E-state index in [9.17, 15) is 9.90 Å². The summed E-state index contributed by atoms with van der Waals surface area (Å²) < 4.78 is 5.16. The van der Waals surface area contributed by atoms with Crippen LogP contribution in [0, 0.1) is 6.92 Å². The van der Waals surface area contributed by atoms with Crippen LogP contribution in [0.3, 0.4) is 0 Å². The molecule has 0 atom stereocenters. The number of aryl methyl sites for hydroxylation is 1. The zero-order valence-corrected chi connectivity index (χ0v) is 9.62. The fourth-order valence-corrected chi connectivity index (χ4v) is 2.37. The Labute approximate surface area is 95.0 Å². The van der Waals surface area contributed by atoms with E-state index < -0.39 is 11.4 Å². The lowest BCUT2D eigenvalue weighted by atomic mass is 9.63. The van der Waals surface area contributed by atoms with Crippen LogP contribution in [-0.4, -0.2) is 18.2 Å². The number of rotatable bonds is 3. The predicted octanol–water partition coefficient (Wildman–Crippen LogP) is 2.51. The summed E-state index contributed by atoms with van der Waals surface area (Å²) in [6, 6.07) is 5.66. The summed E-state index contributed by atoms with van der Waals surface area (Å²) in [6.45, 7) is 1.96. The van der Waals surface area contributed by atoms with Crippen LogP contribution in [0.15, 0.2) is 18.2 Å². The summed E-state index contributed by atoms with van der Waals surface area (Å²) in [5.41, 5.74) is 1.27. The molecule has 2 rings (SSSR count). The molecule has 1 aromatic rings. The molecule has 1 fully saturated rings. The predicted molar refractivity (Wildman–Crippen MR) is 60.9 cm³/mol. The first-order chi connectivity index (χ1) is 7.60. The normalized spacial score (nSPS) is 17.6. The summed E-state index contributed by atoms with van der Waals surface area (Å²) in [7, 11) is 1.60. The fourth-order valence-electron chi connectivity index (χ4n) is 2.37. The van der Waals surface area contributed by atoms with Gasteiger partial charge in [-0.3, -0.25) is 4.79 Å². The van der Waals surface area contributed by atoms with Crippen molar-refractivity contribution in [2.45, 2.75) is 31.6 Å². The first kappa shape index (κ1) is 11.0. The zero-order valence-electron chi connectivity index (χ0n) is 9.62. The van der Waals surface area contributed by atoms with E-state index in [2.05, 4.69) is 0 Å². The second-order valence-electron chi connectivity index (χ2n) is 4.42. The van der Waals surface area contributed by atoms with Crippen LogP contribution in [0.2, 0.25) is 0 Å². The molecule has 1 aliphatic carbocycles. The Hall–Kier alpha value is -1.51. The van der Waals surface area contributed by atoms with Crippen molar-refractivity contribution in [3.8, 4) is 5.75 Å². The third-order valence-corrected chi connectivity index (χ3v) is 3.58. The molecule has 1 aromatic carbocycles. The van der Waals surface area contributed by atoms with Crippen molar-refractivity contribution in [2.75, 3.05) is 7.11 Å². The van der Waals surface area contributed by atoms with Crippen molar-refractivity contribution in [3.05, 3.63) is 29.3 Å². The molecular formula is C13H16O3. The first-order valence-corrected chi connectivity index (χ1v) is 5.49. The second kappa shape index (κ2) is 3.81. The van der Waals surface area contributed by atoms with Gasteiger partial charge in [0.25, 0.3) is 0 Å². The van der Waals surface area contributed by atoms with Gasteiger partial charge in [0, 0.05) is 0 Å².